The summed E-state index contributed by atoms with van der Waals surface area (Å²) in [6, 6.07) is 8.24. The third kappa shape index (κ3) is 1.73. The van der Waals surface area contributed by atoms with Gasteiger partial charge in [0.2, 0.25) is 0 Å². The SMILES string of the molecule is S=C1SC(=S)c2ccc3c4c(ccc1c24)C(=S)SC3=S. The Bertz CT molecular complexity index is 738. The Hall–Kier alpha value is -0.240. The van der Waals surface area contributed by atoms with Gasteiger partial charge in [0.05, 0.1) is 16.8 Å². The number of thiocarbonyl (C=S) groups is 4. The first-order valence-electron chi connectivity index (χ1n) is 5.70. The second kappa shape index (κ2) is 4.63. The van der Waals surface area contributed by atoms with Gasteiger partial charge in [0.1, 0.15) is 0 Å². The number of thioether (sulfide) groups is 2. The first-order chi connectivity index (χ1) is 9.58. The van der Waals surface area contributed by atoms with E-state index in [1.807, 2.05) is 0 Å². The van der Waals surface area contributed by atoms with Crippen LogP contribution in [-0.2, 0) is 0 Å². The van der Waals surface area contributed by atoms with E-state index in [0.29, 0.717) is 0 Å². The molecule has 2 aromatic rings. The van der Waals surface area contributed by atoms with E-state index >= 15 is 0 Å². The van der Waals surface area contributed by atoms with Gasteiger partial charge in [0.15, 0.2) is 0 Å². The zero-order valence-electron chi connectivity index (χ0n) is 9.76. The molecule has 0 nitrogen and oxygen atoms in total. The highest BCUT2D eigenvalue weighted by atomic mass is 32.2. The van der Waals surface area contributed by atoms with Crippen LogP contribution in [-0.4, -0.2) is 16.8 Å². The van der Waals surface area contributed by atoms with Gasteiger partial charge in [-0.15, -0.1) is 0 Å². The molecule has 6 heteroatoms. The molecule has 0 aliphatic carbocycles. The third-order valence-electron chi connectivity index (χ3n) is 3.41. The molecule has 0 saturated heterocycles. The number of hydrogen-bond acceptors (Lipinski definition) is 6. The number of benzene rings is 2. The van der Waals surface area contributed by atoms with Crippen LogP contribution in [0.2, 0.25) is 0 Å². The van der Waals surface area contributed by atoms with Crippen LogP contribution in [0.1, 0.15) is 22.3 Å². The van der Waals surface area contributed by atoms with Crippen molar-refractivity contribution in [3.63, 3.8) is 0 Å². The van der Waals surface area contributed by atoms with Crippen molar-refractivity contribution in [2.45, 2.75) is 0 Å². The molecule has 0 atom stereocenters. The molecule has 2 aliphatic rings. The smallest absolute Gasteiger partial charge is 0.0714 e. The summed E-state index contributed by atoms with van der Waals surface area (Å²) in [5, 5.41) is 2.25. The zero-order chi connectivity index (χ0) is 14.0. The standard InChI is InChI=1S/C14H4S6/c15-11-5-1-2-6-10-8(14(18)20-12(6)16)4-3-7(9(5)10)13(17)19-11/h1-4H. The van der Waals surface area contributed by atoms with Gasteiger partial charge in [-0.3, -0.25) is 0 Å². The lowest BCUT2D eigenvalue weighted by Gasteiger charge is -2.25. The van der Waals surface area contributed by atoms with Crippen molar-refractivity contribution in [2.75, 3.05) is 0 Å². The minimum atomic E-state index is 0.835. The average molecular weight is 365 g/mol. The summed E-state index contributed by atoms with van der Waals surface area (Å²) in [6.07, 6.45) is 0. The zero-order valence-corrected chi connectivity index (χ0v) is 14.7. The highest BCUT2D eigenvalue weighted by Crippen LogP contribution is 2.43. The fourth-order valence-electron chi connectivity index (χ4n) is 2.56. The molecule has 20 heavy (non-hydrogen) atoms. The van der Waals surface area contributed by atoms with Gasteiger partial charge in [-0.2, -0.15) is 0 Å². The van der Waals surface area contributed by atoms with E-state index in [4.69, 9.17) is 48.9 Å². The molecule has 0 N–H and O–H groups in total. The van der Waals surface area contributed by atoms with Crippen LogP contribution in [0.25, 0.3) is 10.8 Å². The first-order valence-corrected chi connectivity index (χ1v) is 8.97. The highest BCUT2D eigenvalue weighted by Gasteiger charge is 2.28. The molecule has 0 amide bonds. The molecule has 0 radical (unpaired) electrons. The van der Waals surface area contributed by atoms with Gasteiger partial charge >= 0.3 is 0 Å². The Kier molecular flexibility index (Phi) is 3.11. The summed E-state index contributed by atoms with van der Waals surface area (Å²) in [5.41, 5.74) is 4.30. The maximum Gasteiger partial charge on any atom is 0.0840 e. The molecule has 0 saturated carbocycles. The quantitative estimate of drug-likeness (QED) is 0.597. The topological polar surface area (TPSA) is 0 Å². The van der Waals surface area contributed by atoms with E-state index < -0.39 is 0 Å². The van der Waals surface area contributed by atoms with Gasteiger partial charge in [-0.25, -0.2) is 0 Å². The van der Waals surface area contributed by atoms with E-state index in [1.165, 1.54) is 23.5 Å². The van der Waals surface area contributed by atoms with Crippen LogP contribution in [0, 0.1) is 0 Å². The van der Waals surface area contributed by atoms with Crippen molar-refractivity contribution in [2.24, 2.45) is 0 Å². The molecule has 0 spiro atoms. The second-order valence-corrected chi connectivity index (χ2v) is 9.13. The predicted octanol–water partition coefficient (Wildman–Crippen LogP) is 5.04. The van der Waals surface area contributed by atoms with Gasteiger partial charge in [-0.1, -0.05) is 96.7 Å². The van der Waals surface area contributed by atoms with E-state index in [2.05, 4.69) is 24.3 Å². The third-order valence-corrected chi connectivity index (χ3v) is 6.91. The van der Waals surface area contributed by atoms with Gasteiger partial charge in [0, 0.05) is 33.0 Å². The van der Waals surface area contributed by atoms with Crippen molar-refractivity contribution < 1.29 is 0 Å². The monoisotopic (exact) mass is 364 g/mol. The minimum Gasteiger partial charge on any atom is -0.0714 e. The van der Waals surface area contributed by atoms with E-state index in [-0.39, 0.29) is 0 Å². The van der Waals surface area contributed by atoms with Crippen LogP contribution in [0.15, 0.2) is 24.3 Å². The summed E-state index contributed by atoms with van der Waals surface area (Å²) in [7, 11) is 0. The van der Waals surface area contributed by atoms with E-state index in [1.54, 1.807) is 0 Å². The predicted molar refractivity (Wildman–Crippen MR) is 106 cm³/mol. The molecule has 0 fully saturated rings. The number of hydrogen-bond donors (Lipinski definition) is 0. The van der Waals surface area contributed by atoms with Gasteiger partial charge in [-0.05, 0) is 0 Å². The Morgan fingerprint density at radius 2 is 0.750 bits per heavy atom. The van der Waals surface area contributed by atoms with E-state index in [9.17, 15) is 0 Å². The molecule has 2 aromatic carbocycles. The molecule has 0 unspecified atom stereocenters. The highest BCUT2D eigenvalue weighted by molar-refractivity contribution is 8.39. The summed E-state index contributed by atoms with van der Waals surface area (Å²) in [4.78, 5) is 0. The Morgan fingerprint density at radius 1 is 0.500 bits per heavy atom. The Morgan fingerprint density at radius 3 is 1.00 bits per heavy atom. The molecule has 4 rings (SSSR count). The number of rotatable bonds is 0. The lowest BCUT2D eigenvalue weighted by atomic mass is 9.93. The van der Waals surface area contributed by atoms with Crippen LogP contribution in [0.4, 0.5) is 0 Å². The normalized spacial score (nSPS) is 17.0. The average Bonchev–Trinajstić information content (AvgIpc) is 2.42. The molecule has 0 aromatic heterocycles. The second-order valence-electron chi connectivity index (χ2n) is 4.43. The maximum atomic E-state index is 5.48. The van der Waals surface area contributed by atoms with Crippen LogP contribution in [0.5, 0.6) is 0 Å². The fraction of sp³-hybridized carbons (Fsp3) is 0. The van der Waals surface area contributed by atoms with Crippen LogP contribution < -0.4 is 0 Å². The minimum absolute atomic E-state index is 0.835. The summed E-state index contributed by atoms with van der Waals surface area (Å²) >= 11 is 24.9. The lowest BCUT2D eigenvalue weighted by molar-refractivity contribution is 1.67. The van der Waals surface area contributed by atoms with Gasteiger partial charge in [0.25, 0.3) is 0 Å². The molecular formula is C14H4S6. The maximum absolute atomic E-state index is 5.48. The fourth-order valence-corrected chi connectivity index (χ4v) is 6.02. The lowest BCUT2D eigenvalue weighted by Crippen LogP contribution is -2.15. The Balaban J connectivity index is 2.29. The summed E-state index contributed by atoms with van der Waals surface area (Å²) in [6.45, 7) is 0. The summed E-state index contributed by atoms with van der Waals surface area (Å²) in [5.74, 6) is 0. The van der Waals surface area contributed by atoms with Crippen molar-refractivity contribution in [1.29, 1.82) is 0 Å². The molecule has 2 heterocycles. The van der Waals surface area contributed by atoms with Crippen LogP contribution in [0.3, 0.4) is 0 Å². The summed E-state index contributed by atoms with van der Waals surface area (Å²) < 4.78 is 3.34. The van der Waals surface area contributed by atoms with Gasteiger partial charge < -0.3 is 0 Å². The van der Waals surface area contributed by atoms with Crippen molar-refractivity contribution in [1.82, 2.24) is 0 Å². The van der Waals surface area contributed by atoms with E-state index in [0.717, 1.165) is 49.8 Å². The largest absolute Gasteiger partial charge is 0.0840 e. The van der Waals surface area contributed by atoms with Crippen molar-refractivity contribution in [3.8, 4) is 0 Å². The van der Waals surface area contributed by atoms with Crippen LogP contribution >= 0.6 is 72.4 Å². The molecular weight excluding hydrogens is 361 g/mol. The first kappa shape index (κ1) is 13.4. The molecule has 96 valence electrons. The van der Waals surface area contributed by atoms with Crippen molar-refractivity contribution in [3.05, 3.63) is 46.5 Å². The molecule has 0 bridgehead atoms. The Labute approximate surface area is 145 Å². The van der Waals surface area contributed by atoms with Crippen molar-refractivity contribution >= 4 is 100.0 Å². The molecule has 2 aliphatic heterocycles.